The lowest BCUT2D eigenvalue weighted by atomic mass is 9.94. The molecule has 10 nitrogen and oxygen atoms in total. The quantitative estimate of drug-likeness (QED) is 0.351. The van der Waals surface area contributed by atoms with Gasteiger partial charge in [-0.25, -0.2) is 4.99 Å². The van der Waals surface area contributed by atoms with E-state index in [9.17, 15) is 24.8 Å². The second-order valence-corrected chi connectivity index (χ2v) is 9.90. The van der Waals surface area contributed by atoms with Gasteiger partial charge in [-0.2, -0.15) is 0 Å². The lowest BCUT2D eigenvalue weighted by Gasteiger charge is -2.29. The fraction of sp³-hybridized carbons (Fsp3) is 0.269. The number of nitro benzene ring substituents is 1. The molecule has 198 valence electrons. The van der Waals surface area contributed by atoms with E-state index in [0.717, 1.165) is 23.5 Å². The molecule has 0 fully saturated rings. The van der Waals surface area contributed by atoms with Gasteiger partial charge < -0.3 is 14.7 Å². The predicted octanol–water partition coefficient (Wildman–Crippen LogP) is 3.38. The molecule has 2 heterocycles. The van der Waals surface area contributed by atoms with Crippen molar-refractivity contribution in [2.45, 2.75) is 26.8 Å². The molecular formula is C26H25ClN4O6S. The molecule has 4 rings (SSSR count). The zero-order valence-electron chi connectivity index (χ0n) is 21.1. The molecule has 1 amide bonds. The first-order chi connectivity index (χ1) is 18.1. The molecule has 3 aromatic rings. The highest BCUT2D eigenvalue weighted by Crippen LogP contribution is 2.35. The van der Waals surface area contributed by atoms with E-state index >= 15 is 0 Å². The van der Waals surface area contributed by atoms with Crippen molar-refractivity contribution in [1.29, 1.82) is 0 Å². The van der Waals surface area contributed by atoms with Crippen molar-refractivity contribution in [3.63, 3.8) is 0 Å². The van der Waals surface area contributed by atoms with Crippen LogP contribution in [0.1, 0.15) is 37.9 Å². The van der Waals surface area contributed by atoms with Crippen molar-refractivity contribution in [1.82, 2.24) is 9.47 Å². The average Bonchev–Trinajstić information content (AvgIpc) is 3.19. The highest BCUT2D eigenvalue weighted by atomic mass is 35.5. The number of nitrogens with zero attached hydrogens (tertiary/aromatic N) is 4. The number of thiazole rings is 1. The van der Waals surface area contributed by atoms with Crippen LogP contribution in [0.4, 0.5) is 5.69 Å². The molecule has 0 aliphatic carbocycles. The summed E-state index contributed by atoms with van der Waals surface area (Å²) in [5.74, 6) is -0.668. The fourth-order valence-corrected chi connectivity index (χ4v) is 5.53. The number of aromatic nitrogens is 1. The largest absolute Gasteiger partial charge is 0.504 e. The second kappa shape index (κ2) is 10.8. The molecule has 1 atom stereocenters. The van der Waals surface area contributed by atoms with Crippen LogP contribution in [-0.4, -0.2) is 45.6 Å². The smallest absolute Gasteiger partial charge is 0.274 e. The van der Waals surface area contributed by atoms with Gasteiger partial charge >= 0.3 is 0 Å². The molecule has 0 bridgehead atoms. The van der Waals surface area contributed by atoms with Gasteiger partial charge in [0.1, 0.15) is 0 Å². The first-order valence-corrected chi connectivity index (χ1v) is 12.9. The normalized spacial score (nSPS) is 15.2. The number of phenolic OH excluding ortho intramolecular Hbond substituents is 1. The predicted molar refractivity (Wildman–Crippen MR) is 144 cm³/mol. The number of fused-ring (bicyclic) bond motifs is 1. The topological polar surface area (TPSA) is 127 Å². The number of carbonyl (C=O) groups is 1. The minimum absolute atomic E-state index is 0.0412. The number of rotatable bonds is 7. The second-order valence-electron chi connectivity index (χ2n) is 8.45. The first-order valence-electron chi connectivity index (χ1n) is 11.7. The van der Waals surface area contributed by atoms with Crippen molar-refractivity contribution in [2.75, 3.05) is 20.2 Å². The Balaban J connectivity index is 1.99. The number of benzene rings is 2. The molecule has 2 aromatic carbocycles. The summed E-state index contributed by atoms with van der Waals surface area (Å²) in [6.07, 6.45) is 1.36. The summed E-state index contributed by atoms with van der Waals surface area (Å²) in [4.78, 5) is 44.8. The summed E-state index contributed by atoms with van der Waals surface area (Å²) < 4.78 is 6.69. The lowest BCUT2D eigenvalue weighted by molar-refractivity contribution is -0.385. The van der Waals surface area contributed by atoms with Crippen molar-refractivity contribution < 1.29 is 19.6 Å². The molecule has 1 aromatic heterocycles. The first kappa shape index (κ1) is 27.1. The van der Waals surface area contributed by atoms with Crippen LogP contribution in [0, 0.1) is 10.1 Å². The van der Waals surface area contributed by atoms with E-state index in [0.29, 0.717) is 39.7 Å². The number of carbonyl (C=O) groups excluding carboxylic acids is 1. The molecular weight excluding hydrogens is 532 g/mol. The van der Waals surface area contributed by atoms with Gasteiger partial charge in [0, 0.05) is 29.7 Å². The van der Waals surface area contributed by atoms with Gasteiger partial charge in [-0.1, -0.05) is 35.1 Å². The van der Waals surface area contributed by atoms with Gasteiger partial charge in [0.25, 0.3) is 17.2 Å². The highest BCUT2D eigenvalue weighted by Gasteiger charge is 2.34. The van der Waals surface area contributed by atoms with Crippen LogP contribution in [0.2, 0.25) is 5.02 Å². The van der Waals surface area contributed by atoms with Crippen LogP contribution in [0.15, 0.2) is 57.5 Å². The van der Waals surface area contributed by atoms with Gasteiger partial charge in [-0.3, -0.25) is 24.3 Å². The Morgan fingerprint density at radius 3 is 2.53 bits per heavy atom. The molecule has 1 N–H and O–H groups in total. The summed E-state index contributed by atoms with van der Waals surface area (Å²) >= 11 is 7.17. The van der Waals surface area contributed by atoms with E-state index < -0.39 is 16.5 Å². The third kappa shape index (κ3) is 4.82. The van der Waals surface area contributed by atoms with E-state index in [-0.39, 0.29) is 33.2 Å². The maximum atomic E-state index is 13.8. The number of allylic oxidation sites excluding steroid dienone is 1. The molecule has 1 aliphatic rings. The Labute approximate surface area is 226 Å². The Hall–Kier alpha value is -3.96. The highest BCUT2D eigenvalue weighted by molar-refractivity contribution is 7.07. The van der Waals surface area contributed by atoms with Crippen LogP contribution < -0.4 is 19.6 Å². The van der Waals surface area contributed by atoms with Gasteiger partial charge in [0.15, 0.2) is 16.3 Å². The molecule has 0 unspecified atom stereocenters. The van der Waals surface area contributed by atoms with Gasteiger partial charge in [0.2, 0.25) is 0 Å². The standard InChI is InChI=1S/C26H25ClN4O6S/c1-5-29(6-2)25(34)21-14(3)28-26-30(22(21)15-7-9-17(27)10-8-15)24(33)20(38-26)12-16-11-18(31(35)36)13-19(37-4)23(16)32/h7-13,22,32H,5-6H2,1-4H3/b20-12-/t22-/m0/s1. The zero-order chi connectivity index (χ0) is 27.7. The Kier molecular flexibility index (Phi) is 7.70. The van der Waals surface area contributed by atoms with Crippen molar-refractivity contribution >= 4 is 40.6 Å². The summed E-state index contributed by atoms with van der Waals surface area (Å²) in [5, 5.41) is 22.5. The Morgan fingerprint density at radius 2 is 1.95 bits per heavy atom. The third-order valence-corrected chi connectivity index (χ3v) is 7.53. The number of non-ortho nitro benzene ring substituents is 1. The molecule has 1 aliphatic heterocycles. The Morgan fingerprint density at radius 1 is 1.29 bits per heavy atom. The van der Waals surface area contributed by atoms with Gasteiger partial charge in [-0.15, -0.1) is 0 Å². The van der Waals surface area contributed by atoms with Crippen LogP contribution in [0.3, 0.4) is 0 Å². The molecule has 0 saturated heterocycles. The lowest BCUT2D eigenvalue weighted by Crippen LogP contribution is -2.43. The van der Waals surface area contributed by atoms with Crippen LogP contribution in [0.25, 0.3) is 6.08 Å². The number of phenols is 1. The maximum Gasteiger partial charge on any atom is 0.274 e. The molecule has 38 heavy (non-hydrogen) atoms. The monoisotopic (exact) mass is 556 g/mol. The molecule has 0 spiro atoms. The van der Waals surface area contributed by atoms with E-state index in [1.807, 2.05) is 13.8 Å². The minimum atomic E-state index is -0.771. The van der Waals surface area contributed by atoms with Crippen LogP contribution >= 0.6 is 22.9 Å². The van der Waals surface area contributed by atoms with Crippen molar-refractivity contribution in [3.05, 3.63) is 93.6 Å². The number of ether oxygens (including phenoxy) is 1. The van der Waals surface area contributed by atoms with E-state index in [1.54, 1.807) is 36.1 Å². The number of hydrogen-bond donors (Lipinski definition) is 1. The van der Waals surface area contributed by atoms with Crippen LogP contribution in [-0.2, 0) is 4.79 Å². The summed E-state index contributed by atoms with van der Waals surface area (Å²) in [7, 11) is 1.28. The van der Waals surface area contributed by atoms with Gasteiger partial charge in [0.05, 0.1) is 39.9 Å². The third-order valence-electron chi connectivity index (χ3n) is 6.30. The minimum Gasteiger partial charge on any atom is -0.504 e. The fourth-order valence-electron chi connectivity index (χ4n) is 4.36. The summed E-state index contributed by atoms with van der Waals surface area (Å²) in [6, 6.07) is 8.39. The number of hydrogen-bond acceptors (Lipinski definition) is 8. The SMILES string of the molecule is CCN(CC)C(=O)C1=C(C)N=c2s/c(=C\c3cc([N+](=O)[O-])cc(OC)c3O)c(=O)n2[C@H]1c1ccc(Cl)cc1. The summed E-state index contributed by atoms with van der Waals surface area (Å²) in [5.41, 5.74) is 0.798. The summed E-state index contributed by atoms with van der Waals surface area (Å²) in [6.45, 7) is 6.46. The van der Waals surface area contributed by atoms with Crippen LogP contribution in [0.5, 0.6) is 11.5 Å². The van der Waals surface area contributed by atoms with E-state index in [1.165, 1.54) is 17.8 Å². The molecule has 12 heteroatoms. The van der Waals surface area contributed by atoms with E-state index in [2.05, 4.69) is 4.99 Å². The number of likely N-dealkylation sites (N-methyl/N-ethyl adjacent to an activating group) is 1. The Bertz CT molecular complexity index is 1640. The molecule has 0 radical (unpaired) electrons. The number of amides is 1. The number of methoxy groups -OCH3 is 1. The number of nitro groups is 1. The maximum absolute atomic E-state index is 13.8. The van der Waals surface area contributed by atoms with Crippen molar-refractivity contribution in [2.24, 2.45) is 4.99 Å². The van der Waals surface area contributed by atoms with Gasteiger partial charge in [-0.05, 0) is 44.5 Å². The molecule has 0 saturated carbocycles. The number of halogens is 1. The van der Waals surface area contributed by atoms with Crippen molar-refractivity contribution in [3.8, 4) is 11.5 Å². The number of aromatic hydroxyl groups is 1. The van der Waals surface area contributed by atoms with E-state index in [4.69, 9.17) is 16.3 Å². The average molecular weight is 557 g/mol. The zero-order valence-corrected chi connectivity index (χ0v) is 22.7.